The lowest BCUT2D eigenvalue weighted by Crippen LogP contribution is -2.48. The van der Waals surface area contributed by atoms with Crippen molar-refractivity contribution in [2.45, 2.75) is 18.9 Å². The van der Waals surface area contributed by atoms with Gasteiger partial charge in [0.15, 0.2) is 0 Å². The predicted molar refractivity (Wildman–Crippen MR) is 41.4 cm³/mol. The van der Waals surface area contributed by atoms with Crippen molar-refractivity contribution in [1.82, 2.24) is 4.90 Å². The lowest BCUT2D eigenvalue weighted by Gasteiger charge is -2.29. The third-order valence-electron chi connectivity index (χ3n) is 1.93. The molecule has 0 aromatic carbocycles. The Kier molecular flexibility index (Phi) is 2.65. The van der Waals surface area contributed by atoms with Crippen LogP contribution in [0.1, 0.15) is 12.8 Å². The van der Waals surface area contributed by atoms with Gasteiger partial charge < -0.3 is 15.7 Å². The van der Waals surface area contributed by atoms with E-state index in [1.807, 2.05) is 0 Å². The van der Waals surface area contributed by atoms with E-state index in [-0.39, 0.29) is 6.04 Å². The second-order valence-corrected chi connectivity index (χ2v) is 2.96. The Morgan fingerprint density at radius 1 is 1.50 bits per heavy atom. The molecule has 1 amide bonds. The number of likely N-dealkylation sites (tertiary alicyclic amines) is 1. The molecular formula is C7H12N2O3. The lowest BCUT2D eigenvalue weighted by atomic mass is 10.1. The minimum atomic E-state index is -1.40. The molecule has 0 aromatic heterocycles. The summed E-state index contributed by atoms with van der Waals surface area (Å²) in [6, 6.07) is -0.0675. The minimum absolute atomic E-state index is 0.0675. The van der Waals surface area contributed by atoms with Crippen molar-refractivity contribution in [3.05, 3.63) is 0 Å². The van der Waals surface area contributed by atoms with Gasteiger partial charge in [0.25, 0.3) is 0 Å². The van der Waals surface area contributed by atoms with Gasteiger partial charge in [-0.15, -0.1) is 0 Å². The van der Waals surface area contributed by atoms with Gasteiger partial charge in [-0.3, -0.25) is 4.79 Å². The lowest BCUT2D eigenvalue weighted by molar-refractivity contribution is -0.156. The van der Waals surface area contributed by atoms with Crippen LogP contribution in [0, 0.1) is 0 Å². The van der Waals surface area contributed by atoms with Gasteiger partial charge >= 0.3 is 11.9 Å². The second-order valence-electron chi connectivity index (χ2n) is 2.96. The van der Waals surface area contributed by atoms with Gasteiger partial charge in [0.1, 0.15) is 0 Å². The van der Waals surface area contributed by atoms with Gasteiger partial charge in [-0.1, -0.05) is 0 Å². The van der Waals surface area contributed by atoms with Crippen LogP contribution >= 0.6 is 0 Å². The molecule has 1 atom stereocenters. The SMILES string of the molecule is NC1CCCN(C(=O)C(=O)O)C1. The number of nitrogens with zero attached hydrogens (tertiary/aromatic N) is 1. The number of carboxylic acids is 1. The van der Waals surface area contributed by atoms with Gasteiger partial charge in [0, 0.05) is 19.1 Å². The van der Waals surface area contributed by atoms with E-state index >= 15 is 0 Å². The summed E-state index contributed by atoms with van der Waals surface area (Å²) in [5, 5.41) is 8.39. The number of rotatable bonds is 0. The first-order chi connectivity index (χ1) is 5.61. The Balaban J connectivity index is 2.51. The fourth-order valence-electron chi connectivity index (χ4n) is 1.33. The number of nitrogens with two attached hydrogens (primary N) is 1. The molecule has 0 aliphatic carbocycles. The Morgan fingerprint density at radius 3 is 2.67 bits per heavy atom. The van der Waals surface area contributed by atoms with Crippen LogP contribution in [0.4, 0.5) is 0 Å². The summed E-state index contributed by atoms with van der Waals surface area (Å²) in [6.07, 6.45) is 1.66. The Hall–Kier alpha value is -1.10. The number of carbonyl (C=O) groups is 2. The molecule has 1 unspecified atom stereocenters. The van der Waals surface area contributed by atoms with E-state index in [4.69, 9.17) is 10.8 Å². The molecule has 1 aliphatic heterocycles. The van der Waals surface area contributed by atoms with Crippen LogP contribution in [0.5, 0.6) is 0 Å². The first-order valence-corrected chi connectivity index (χ1v) is 3.89. The van der Waals surface area contributed by atoms with E-state index < -0.39 is 11.9 Å². The fourth-order valence-corrected chi connectivity index (χ4v) is 1.33. The van der Waals surface area contributed by atoms with Gasteiger partial charge in [0.05, 0.1) is 0 Å². The van der Waals surface area contributed by atoms with Crippen LogP contribution in [-0.2, 0) is 9.59 Å². The first kappa shape index (κ1) is 8.99. The summed E-state index contributed by atoms with van der Waals surface area (Å²) in [5.74, 6) is -2.24. The highest BCUT2D eigenvalue weighted by Crippen LogP contribution is 2.07. The first-order valence-electron chi connectivity index (χ1n) is 3.89. The normalized spacial score (nSPS) is 23.8. The summed E-state index contributed by atoms with van der Waals surface area (Å²) >= 11 is 0. The molecule has 1 saturated heterocycles. The number of hydrogen-bond donors (Lipinski definition) is 2. The third-order valence-corrected chi connectivity index (χ3v) is 1.93. The number of carboxylic acid groups (broad SMARTS) is 1. The Labute approximate surface area is 70.1 Å². The molecule has 0 bridgehead atoms. The number of carbonyl (C=O) groups excluding carboxylic acids is 1. The number of piperidine rings is 1. The van der Waals surface area contributed by atoms with Crippen LogP contribution in [0.3, 0.4) is 0 Å². The van der Waals surface area contributed by atoms with Crippen molar-refractivity contribution in [3.8, 4) is 0 Å². The highest BCUT2D eigenvalue weighted by molar-refractivity contribution is 6.31. The highest BCUT2D eigenvalue weighted by Gasteiger charge is 2.25. The molecule has 12 heavy (non-hydrogen) atoms. The molecule has 0 saturated carbocycles. The van der Waals surface area contributed by atoms with Crippen molar-refractivity contribution in [2.24, 2.45) is 5.73 Å². The van der Waals surface area contributed by atoms with Crippen molar-refractivity contribution < 1.29 is 14.7 Å². The maximum atomic E-state index is 10.9. The predicted octanol–water partition coefficient (Wildman–Crippen LogP) is -0.979. The summed E-state index contributed by atoms with van der Waals surface area (Å²) in [4.78, 5) is 22.5. The average molecular weight is 172 g/mol. The van der Waals surface area contributed by atoms with Crippen LogP contribution in [0.25, 0.3) is 0 Å². The van der Waals surface area contributed by atoms with E-state index in [2.05, 4.69) is 0 Å². The van der Waals surface area contributed by atoms with E-state index in [9.17, 15) is 9.59 Å². The molecule has 1 rings (SSSR count). The standard InChI is InChI=1S/C7H12N2O3/c8-5-2-1-3-9(4-5)6(10)7(11)12/h5H,1-4,8H2,(H,11,12). The monoisotopic (exact) mass is 172 g/mol. The smallest absolute Gasteiger partial charge is 0.394 e. The fraction of sp³-hybridized carbons (Fsp3) is 0.714. The summed E-state index contributed by atoms with van der Waals surface area (Å²) in [5.41, 5.74) is 5.58. The largest absolute Gasteiger partial charge is 0.474 e. The van der Waals surface area contributed by atoms with Crippen LogP contribution in [-0.4, -0.2) is 41.0 Å². The molecule has 1 aliphatic rings. The maximum absolute atomic E-state index is 10.9. The van der Waals surface area contributed by atoms with E-state index in [1.54, 1.807) is 0 Å². The molecule has 0 spiro atoms. The highest BCUT2D eigenvalue weighted by atomic mass is 16.4. The molecule has 5 heteroatoms. The Bertz CT molecular complexity index is 205. The minimum Gasteiger partial charge on any atom is -0.474 e. The zero-order chi connectivity index (χ0) is 9.14. The third kappa shape index (κ3) is 1.94. The van der Waals surface area contributed by atoms with E-state index in [0.29, 0.717) is 13.1 Å². The van der Waals surface area contributed by atoms with Gasteiger partial charge in [-0.2, -0.15) is 0 Å². The molecule has 68 valence electrons. The van der Waals surface area contributed by atoms with E-state index in [1.165, 1.54) is 4.90 Å². The van der Waals surface area contributed by atoms with Gasteiger partial charge in [-0.25, -0.2) is 4.79 Å². The zero-order valence-electron chi connectivity index (χ0n) is 6.69. The van der Waals surface area contributed by atoms with Crippen LogP contribution < -0.4 is 5.73 Å². The topological polar surface area (TPSA) is 83.6 Å². The second kappa shape index (κ2) is 3.53. The molecule has 5 nitrogen and oxygen atoms in total. The maximum Gasteiger partial charge on any atom is 0.394 e. The van der Waals surface area contributed by atoms with Crippen molar-refractivity contribution >= 4 is 11.9 Å². The average Bonchev–Trinajstić information content (AvgIpc) is 2.03. The van der Waals surface area contributed by atoms with Crippen LogP contribution in [0.2, 0.25) is 0 Å². The van der Waals surface area contributed by atoms with E-state index in [0.717, 1.165) is 12.8 Å². The van der Waals surface area contributed by atoms with Crippen molar-refractivity contribution in [2.75, 3.05) is 13.1 Å². The number of hydrogen-bond acceptors (Lipinski definition) is 3. The molecule has 1 fully saturated rings. The van der Waals surface area contributed by atoms with Gasteiger partial charge in [-0.05, 0) is 12.8 Å². The zero-order valence-corrected chi connectivity index (χ0v) is 6.69. The quantitative estimate of drug-likeness (QED) is 0.460. The summed E-state index contributed by atoms with van der Waals surface area (Å²) in [7, 11) is 0. The van der Waals surface area contributed by atoms with Crippen molar-refractivity contribution in [3.63, 3.8) is 0 Å². The summed E-state index contributed by atoms with van der Waals surface area (Å²) in [6.45, 7) is 0.879. The van der Waals surface area contributed by atoms with Gasteiger partial charge in [0.2, 0.25) is 0 Å². The number of aliphatic carboxylic acids is 1. The number of amides is 1. The molecule has 3 N–H and O–H groups in total. The van der Waals surface area contributed by atoms with Crippen LogP contribution in [0.15, 0.2) is 0 Å². The molecule has 0 aromatic rings. The molecular weight excluding hydrogens is 160 g/mol. The summed E-state index contributed by atoms with van der Waals surface area (Å²) < 4.78 is 0. The molecule has 0 radical (unpaired) electrons. The Morgan fingerprint density at radius 2 is 2.17 bits per heavy atom. The molecule has 1 heterocycles. The van der Waals surface area contributed by atoms with Crippen molar-refractivity contribution in [1.29, 1.82) is 0 Å².